The Bertz CT molecular complexity index is 868. The molecule has 6 nitrogen and oxygen atoms in total. The summed E-state index contributed by atoms with van der Waals surface area (Å²) in [5.74, 6) is 0.670. The number of benzene rings is 1. The molecule has 2 aromatic heterocycles. The molecular formula is C17H21N5O. The fourth-order valence-corrected chi connectivity index (χ4v) is 2.84. The first kappa shape index (κ1) is 15.4. The van der Waals surface area contributed by atoms with Gasteiger partial charge in [0.05, 0.1) is 17.5 Å². The van der Waals surface area contributed by atoms with E-state index in [1.165, 1.54) is 0 Å². The maximum atomic E-state index is 12.1. The van der Waals surface area contributed by atoms with E-state index < -0.39 is 0 Å². The number of nitrogens with zero attached hydrogens (tertiary/aromatic N) is 3. The summed E-state index contributed by atoms with van der Waals surface area (Å²) in [6.07, 6.45) is 1.10. The molecule has 3 aromatic rings. The van der Waals surface area contributed by atoms with E-state index in [0.717, 1.165) is 34.4 Å². The van der Waals surface area contributed by atoms with Gasteiger partial charge in [0.2, 0.25) is 11.7 Å². The molecule has 1 aromatic carbocycles. The second-order valence-electron chi connectivity index (χ2n) is 5.67. The smallest absolute Gasteiger partial charge is 0.235 e. The summed E-state index contributed by atoms with van der Waals surface area (Å²) in [7, 11) is 0. The monoisotopic (exact) mass is 311 g/mol. The molecule has 0 aliphatic rings. The molecule has 3 rings (SSSR count). The Hall–Kier alpha value is -2.47. The SMILES string of the molecule is Cc1nc2nc3ccccc3n2c(C)c1CC(=O)NCCCN. The first-order valence-electron chi connectivity index (χ1n) is 7.82. The third-order valence-corrected chi connectivity index (χ3v) is 4.06. The molecule has 0 aliphatic carbocycles. The number of hydrogen-bond donors (Lipinski definition) is 2. The lowest BCUT2D eigenvalue weighted by Crippen LogP contribution is -2.28. The zero-order valence-electron chi connectivity index (χ0n) is 13.5. The Balaban J connectivity index is 2.00. The Morgan fingerprint density at radius 2 is 2.04 bits per heavy atom. The number of aryl methyl sites for hydroxylation is 2. The van der Waals surface area contributed by atoms with Crippen LogP contribution in [0.5, 0.6) is 0 Å². The van der Waals surface area contributed by atoms with Crippen LogP contribution in [0.4, 0.5) is 0 Å². The number of para-hydroxylation sites is 2. The molecular weight excluding hydrogens is 290 g/mol. The standard InChI is InChI=1S/C17H21N5O/c1-11-13(10-16(23)19-9-5-8-18)12(2)22-15-7-4-3-6-14(15)21-17(22)20-11/h3-4,6-7H,5,8-10,18H2,1-2H3,(H,19,23). The molecule has 1 amide bonds. The highest BCUT2D eigenvalue weighted by Gasteiger charge is 2.15. The van der Waals surface area contributed by atoms with Gasteiger partial charge in [-0.05, 0) is 38.9 Å². The molecule has 0 aliphatic heterocycles. The van der Waals surface area contributed by atoms with Crippen molar-refractivity contribution in [3.8, 4) is 0 Å². The Labute approximate surface area is 134 Å². The predicted octanol–water partition coefficient (Wildman–Crippen LogP) is 1.51. The highest BCUT2D eigenvalue weighted by atomic mass is 16.1. The highest BCUT2D eigenvalue weighted by Crippen LogP contribution is 2.21. The average molecular weight is 311 g/mol. The molecule has 0 fully saturated rings. The quantitative estimate of drug-likeness (QED) is 0.699. The van der Waals surface area contributed by atoms with Crippen LogP contribution in [0.15, 0.2) is 24.3 Å². The first-order valence-corrected chi connectivity index (χ1v) is 7.82. The first-order chi connectivity index (χ1) is 11.1. The van der Waals surface area contributed by atoms with Gasteiger partial charge in [0.15, 0.2) is 0 Å². The second-order valence-corrected chi connectivity index (χ2v) is 5.67. The van der Waals surface area contributed by atoms with Crippen molar-refractivity contribution in [1.29, 1.82) is 0 Å². The molecule has 3 N–H and O–H groups in total. The number of amides is 1. The molecule has 2 heterocycles. The number of hydrogen-bond acceptors (Lipinski definition) is 4. The van der Waals surface area contributed by atoms with Crippen molar-refractivity contribution in [2.24, 2.45) is 5.73 Å². The molecule has 0 saturated carbocycles. The molecule has 0 unspecified atom stereocenters. The molecule has 0 radical (unpaired) electrons. The van der Waals surface area contributed by atoms with Crippen LogP contribution in [0.1, 0.15) is 23.4 Å². The third-order valence-electron chi connectivity index (χ3n) is 4.06. The Morgan fingerprint density at radius 3 is 2.83 bits per heavy atom. The third kappa shape index (κ3) is 2.90. The number of fused-ring (bicyclic) bond motifs is 3. The minimum Gasteiger partial charge on any atom is -0.356 e. The van der Waals surface area contributed by atoms with Crippen LogP contribution in [0, 0.1) is 13.8 Å². The zero-order valence-corrected chi connectivity index (χ0v) is 13.5. The van der Waals surface area contributed by atoms with E-state index >= 15 is 0 Å². The van der Waals surface area contributed by atoms with Gasteiger partial charge >= 0.3 is 0 Å². The van der Waals surface area contributed by atoms with Crippen molar-refractivity contribution in [3.63, 3.8) is 0 Å². The maximum absolute atomic E-state index is 12.1. The number of carbonyl (C=O) groups is 1. The number of carbonyl (C=O) groups excluding carboxylic acids is 1. The van der Waals surface area contributed by atoms with Crippen molar-refractivity contribution in [2.75, 3.05) is 13.1 Å². The van der Waals surface area contributed by atoms with Gasteiger partial charge in [0.1, 0.15) is 0 Å². The number of nitrogens with two attached hydrogens (primary N) is 1. The van der Waals surface area contributed by atoms with Crippen LogP contribution in [-0.4, -0.2) is 33.4 Å². The van der Waals surface area contributed by atoms with Gasteiger partial charge in [-0.3, -0.25) is 9.20 Å². The molecule has 120 valence electrons. The number of nitrogens with one attached hydrogen (secondary N) is 1. The van der Waals surface area contributed by atoms with Crippen LogP contribution < -0.4 is 11.1 Å². The van der Waals surface area contributed by atoms with E-state index in [1.54, 1.807) is 0 Å². The van der Waals surface area contributed by atoms with Gasteiger partial charge in [-0.25, -0.2) is 9.97 Å². The summed E-state index contributed by atoms with van der Waals surface area (Å²) in [5.41, 5.74) is 10.2. The van der Waals surface area contributed by atoms with Crippen molar-refractivity contribution in [2.45, 2.75) is 26.7 Å². The normalized spacial score (nSPS) is 11.3. The van der Waals surface area contributed by atoms with Gasteiger partial charge < -0.3 is 11.1 Å². The summed E-state index contributed by atoms with van der Waals surface area (Å²) >= 11 is 0. The lowest BCUT2D eigenvalue weighted by Gasteiger charge is -2.12. The van der Waals surface area contributed by atoms with E-state index in [9.17, 15) is 4.79 Å². The number of aromatic nitrogens is 3. The lowest BCUT2D eigenvalue weighted by molar-refractivity contribution is -0.120. The molecule has 0 bridgehead atoms. The lowest BCUT2D eigenvalue weighted by atomic mass is 10.1. The number of imidazole rings is 1. The molecule has 0 atom stereocenters. The van der Waals surface area contributed by atoms with Crippen molar-refractivity contribution in [1.82, 2.24) is 19.7 Å². The fourth-order valence-electron chi connectivity index (χ4n) is 2.84. The number of rotatable bonds is 5. The summed E-state index contributed by atoms with van der Waals surface area (Å²) in [5, 5.41) is 2.89. The van der Waals surface area contributed by atoms with E-state index in [0.29, 0.717) is 25.3 Å². The van der Waals surface area contributed by atoms with Crippen molar-refractivity contribution in [3.05, 3.63) is 41.2 Å². The van der Waals surface area contributed by atoms with Crippen LogP contribution in [-0.2, 0) is 11.2 Å². The summed E-state index contributed by atoms with van der Waals surface area (Å²) in [6.45, 7) is 5.12. The highest BCUT2D eigenvalue weighted by molar-refractivity contribution is 5.82. The maximum Gasteiger partial charge on any atom is 0.235 e. The van der Waals surface area contributed by atoms with Crippen LogP contribution in [0.2, 0.25) is 0 Å². The van der Waals surface area contributed by atoms with E-state index in [-0.39, 0.29) is 5.91 Å². The van der Waals surface area contributed by atoms with E-state index in [4.69, 9.17) is 5.73 Å². The van der Waals surface area contributed by atoms with Gasteiger partial charge in [-0.2, -0.15) is 0 Å². The largest absolute Gasteiger partial charge is 0.356 e. The minimum atomic E-state index is -0.00443. The van der Waals surface area contributed by atoms with Gasteiger partial charge in [-0.15, -0.1) is 0 Å². The van der Waals surface area contributed by atoms with E-state index in [1.807, 2.05) is 42.5 Å². The van der Waals surface area contributed by atoms with Crippen LogP contribution in [0.3, 0.4) is 0 Å². The molecule has 23 heavy (non-hydrogen) atoms. The fraction of sp³-hybridized carbons (Fsp3) is 0.353. The van der Waals surface area contributed by atoms with Crippen LogP contribution in [0.25, 0.3) is 16.8 Å². The van der Waals surface area contributed by atoms with Crippen molar-refractivity contribution >= 4 is 22.7 Å². The Kier molecular flexibility index (Phi) is 4.25. The van der Waals surface area contributed by atoms with Crippen LogP contribution >= 0.6 is 0 Å². The summed E-state index contributed by atoms with van der Waals surface area (Å²) in [4.78, 5) is 21.3. The van der Waals surface area contributed by atoms with Gasteiger partial charge in [0, 0.05) is 23.5 Å². The predicted molar refractivity (Wildman–Crippen MR) is 90.4 cm³/mol. The molecule has 6 heteroatoms. The second kappa shape index (κ2) is 6.34. The molecule has 0 spiro atoms. The van der Waals surface area contributed by atoms with Gasteiger partial charge in [0.25, 0.3) is 0 Å². The molecule has 0 saturated heterocycles. The summed E-state index contributed by atoms with van der Waals surface area (Å²) < 4.78 is 2.02. The van der Waals surface area contributed by atoms with Crippen molar-refractivity contribution < 1.29 is 4.79 Å². The van der Waals surface area contributed by atoms with Gasteiger partial charge in [-0.1, -0.05) is 12.1 Å². The van der Waals surface area contributed by atoms with E-state index in [2.05, 4.69) is 15.3 Å². The average Bonchev–Trinajstić information content (AvgIpc) is 2.89. The Morgan fingerprint density at radius 1 is 1.26 bits per heavy atom. The summed E-state index contributed by atoms with van der Waals surface area (Å²) in [6, 6.07) is 7.93. The topological polar surface area (TPSA) is 85.3 Å². The minimum absolute atomic E-state index is 0.00443. The zero-order chi connectivity index (χ0) is 16.4.